The summed E-state index contributed by atoms with van der Waals surface area (Å²) in [5.74, 6) is -5.14. The van der Waals surface area contributed by atoms with E-state index < -0.39 is 58.7 Å². The van der Waals surface area contributed by atoms with E-state index in [0.29, 0.717) is 19.1 Å². The number of primary amides is 1. The molecule has 0 heterocycles. The maximum absolute atomic E-state index is 14.1. The summed E-state index contributed by atoms with van der Waals surface area (Å²) in [6.45, 7) is 0.632. The number of hydrogen-bond acceptors (Lipinski definition) is 4. The van der Waals surface area contributed by atoms with Crippen LogP contribution in [-0.4, -0.2) is 24.3 Å². The molecule has 0 bridgehead atoms. The molecule has 0 radical (unpaired) electrons. The van der Waals surface area contributed by atoms with E-state index in [9.17, 15) is 31.5 Å². The number of para-hydroxylation sites is 1. The predicted octanol–water partition coefficient (Wildman–Crippen LogP) is 4.66. The van der Waals surface area contributed by atoms with E-state index >= 15 is 0 Å². The highest BCUT2D eigenvalue weighted by Gasteiger charge is 2.39. The van der Waals surface area contributed by atoms with Crippen molar-refractivity contribution in [1.29, 1.82) is 0 Å². The van der Waals surface area contributed by atoms with Crippen LogP contribution in [0.15, 0.2) is 30.3 Å². The van der Waals surface area contributed by atoms with Crippen molar-refractivity contribution in [2.75, 3.05) is 5.32 Å². The zero-order valence-electron chi connectivity index (χ0n) is 14.4. The summed E-state index contributed by atoms with van der Waals surface area (Å²) in [6.07, 6.45) is -8.70. The number of rotatable bonds is 5. The lowest BCUT2D eigenvalue weighted by Crippen LogP contribution is -2.32. The fourth-order valence-corrected chi connectivity index (χ4v) is 2.26. The van der Waals surface area contributed by atoms with Gasteiger partial charge in [-0.25, -0.2) is 13.6 Å². The lowest BCUT2D eigenvalue weighted by molar-refractivity contribution is -0.189. The summed E-state index contributed by atoms with van der Waals surface area (Å²) in [5, 5.41) is 1.82. The van der Waals surface area contributed by atoms with Crippen LogP contribution in [0.5, 0.6) is 11.5 Å². The molecule has 12 heteroatoms. The average Bonchev–Trinajstić information content (AvgIpc) is 2.59. The van der Waals surface area contributed by atoms with Gasteiger partial charge in [0.1, 0.15) is 11.6 Å². The van der Waals surface area contributed by atoms with E-state index in [0.717, 1.165) is 6.07 Å². The molecule has 0 spiro atoms. The largest absolute Gasteiger partial charge is 0.480 e. The van der Waals surface area contributed by atoms with Gasteiger partial charge in [-0.05, 0) is 25.1 Å². The third kappa shape index (κ3) is 5.47. The Kier molecular flexibility index (Phi) is 6.52. The number of nitrogens with one attached hydrogen (secondary N) is 1. The third-order valence-corrected chi connectivity index (χ3v) is 3.77. The van der Waals surface area contributed by atoms with Crippen LogP contribution in [0.4, 0.5) is 32.4 Å². The van der Waals surface area contributed by atoms with Crippen LogP contribution in [0.25, 0.3) is 0 Å². The summed E-state index contributed by atoms with van der Waals surface area (Å²) in [6, 6.07) is 4.45. The van der Waals surface area contributed by atoms with Gasteiger partial charge in [0.25, 0.3) is 5.91 Å². The van der Waals surface area contributed by atoms with Crippen LogP contribution in [0, 0.1) is 11.6 Å². The molecule has 156 valence electrons. The highest BCUT2D eigenvalue weighted by Crippen LogP contribution is 2.33. The minimum Gasteiger partial charge on any atom is -0.480 e. The summed E-state index contributed by atoms with van der Waals surface area (Å²) < 4.78 is 75.5. The molecular formula is C17H12ClF5N2O4. The van der Waals surface area contributed by atoms with Gasteiger partial charge >= 0.3 is 12.3 Å². The van der Waals surface area contributed by atoms with Crippen LogP contribution in [-0.2, 0) is 0 Å². The molecule has 0 saturated heterocycles. The molecule has 1 atom stereocenters. The molecule has 2 aromatic carbocycles. The molecule has 3 N–H and O–H groups in total. The second kappa shape index (κ2) is 8.52. The summed E-state index contributed by atoms with van der Waals surface area (Å²) in [5.41, 5.74) is 3.54. The predicted molar refractivity (Wildman–Crippen MR) is 92.1 cm³/mol. The molecule has 0 fully saturated rings. The Morgan fingerprint density at radius 3 is 2.34 bits per heavy atom. The molecule has 2 amide bonds. The highest BCUT2D eigenvalue weighted by molar-refractivity contribution is 6.34. The van der Waals surface area contributed by atoms with Gasteiger partial charge in [0.15, 0.2) is 17.7 Å². The van der Waals surface area contributed by atoms with E-state index in [4.69, 9.17) is 22.1 Å². The third-order valence-electron chi connectivity index (χ3n) is 3.46. The zero-order chi connectivity index (χ0) is 21.9. The van der Waals surface area contributed by atoms with Crippen molar-refractivity contribution in [3.8, 4) is 11.5 Å². The van der Waals surface area contributed by atoms with Crippen molar-refractivity contribution in [3.05, 3.63) is 52.6 Å². The van der Waals surface area contributed by atoms with Gasteiger partial charge in [0, 0.05) is 6.07 Å². The molecule has 0 aliphatic rings. The van der Waals surface area contributed by atoms with Gasteiger partial charge in [-0.1, -0.05) is 17.7 Å². The number of carbonyl (C=O) groups excluding carboxylic acids is 2. The Balaban J connectivity index is 2.49. The molecule has 2 aromatic rings. The number of hydrogen-bond donors (Lipinski definition) is 2. The lowest BCUT2D eigenvalue weighted by atomic mass is 10.1. The minimum absolute atomic E-state index is 0.210. The molecule has 0 aromatic heterocycles. The Morgan fingerprint density at radius 2 is 1.79 bits per heavy atom. The number of amides is 2. The lowest BCUT2D eigenvalue weighted by Gasteiger charge is -2.20. The van der Waals surface area contributed by atoms with Crippen molar-refractivity contribution < 1.29 is 41.0 Å². The first kappa shape index (κ1) is 22.2. The van der Waals surface area contributed by atoms with Crippen molar-refractivity contribution >= 4 is 29.3 Å². The van der Waals surface area contributed by atoms with E-state index in [1.165, 1.54) is 12.1 Å². The number of carbonyl (C=O) groups is 2. The van der Waals surface area contributed by atoms with E-state index in [1.807, 2.05) is 5.32 Å². The SMILES string of the molecule is C[C@H](Oc1cc(OC(N)=O)c(F)cc1C(=O)Nc1c(F)cccc1Cl)C(F)(F)F. The molecular weight excluding hydrogens is 427 g/mol. The standard InChI is InChI=1S/C17H12ClF5N2O4/c1-7(17(21,22)23)28-12-6-13(29-16(24)27)11(20)5-8(12)15(26)25-14-9(18)3-2-4-10(14)19/h2-7H,1H3,(H2,24,27)(H,25,26)/t7-/m0/s1. The molecule has 0 aliphatic heterocycles. The Hall–Kier alpha value is -3.08. The van der Waals surface area contributed by atoms with Gasteiger partial charge in [-0.15, -0.1) is 0 Å². The summed E-state index contributed by atoms with van der Waals surface area (Å²) in [7, 11) is 0. The van der Waals surface area contributed by atoms with Crippen molar-refractivity contribution in [2.24, 2.45) is 5.73 Å². The first-order valence-corrected chi connectivity index (χ1v) is 8.07. The van der Waals surface area contributed by atoms with Crippen molar-refractivity contribution in [3.63, 3.8) is 0 Å². The Labute approximate surface area is 165 Å². The van der Waals surface area contributed by atoms with Gasteiger partial charge in [0.2, 0.25) is 0 Å². The minimum atomic E-state index is -4.83. The highest BCUT2D eigenvalue weighted by atomic mass is 35.5. The van der Waals surface area contributed by atoms with Crippen LogP contribution in [0.1, 0.15) is 17.3 Å². The average molecular weight is 439 g/mol. The van der Waals surface area contributed by atoms with Crippen molar-refractivity contribution in [1.82, 2.24) is 0 Å². The monoisotopic (exact) mass is 438 g/mol. The smallest absolute Gasteiger partial charge is 0.425 e. The van der Waals surface area contributed by atoms with E-state index in [1.54, 1.807) is 0 Å². The number of benzene rings is 2. The molecule has 2 rings (SSSR count). The molecule has 0 saturated carbocycles. The fraction of sp³-hybridized carbons (Fsp3) is 0.176. The first-order valence-electron chi connectivity index (χ1n) is 7.69. The zero-order valence-corrected chi connectivity index (χ0v) is 15.2. The van der Waals surface area contributed by atoms with Gasteiger partial charge in [-0.3, -0.25) is 4.79 Å². The van der Waals surface area contributed by atoms with Crippen LogP contribution in [0.2, 0.25) is 5.02 Å². The van der Waals surface area contributed by atoms with Crippen molar-refractivity contribution in [2.45, 2.75) is 19.2 Å². The number of ether oxygens (including phenoxy) is 2. The topological polar surface area (TPSA) is 90.7 Å². The van der Waals surface area contributed by atoms with E-state index in [2.05, 4.69) is 4.74 Å². The summed E-state index contributed by atoms with van der Waals surface area (Å²) >= 11 is 5.78. The Morgan fingerprint density at radius 1 is 1.14 bits per heavy atom. The van der Waals surface area contributed by atoms with Crippen LogP contribution < -0.4 is 20.5 Å². The molecule has 0 aliphatic carbocycles. The van der Waals surface area contributed by atoms with Crippen LogP contribution >= 0.6 is 11.6 Å². The number of nitrogens with two attached hydrogens (primary N) is 1. The second-order valence-corrected chi connectivity index (χ2v) is 5.96. The number of anilines is 1. The number of halogens is 6. The van der Waals surface area contributed by atoms with Gasteiger partial charge < -0.3 is 20.5 Å². The first-order chi connectivity index (χ1) is 13.4. The summed E-state index contributed by atoms with van der Waals surface area (Å²) in [4.78, 5) is 23.3. The Bertz CT molecular complexity index is 932. The second-order valence-electron chi connectivity index (χ2n) is 5.55. The molecule has 29 heavy (non-hydrogen) atoms. The quantitative estimate of drug-likeness (QED) is 0.664. The fourth-order valence-electron chi connectivity index (χ4n) is 2.05. The number of alkyl halides is 3. The normalized spacial score (nSPS) is 12.2. The van der Waals surface area contributed by atoms with Crippen LogP contribution in [0.3, 0.4) is 0 Å². The van der Waals surface area contributed by atoms with E-state index in [-0.39, 0.29) is 5.02 Å². The van der Waals surface area contributed by atoms with Gasteiger partial charge in [0.05, 0.1) is 16.3 Å². The maximum atomic E-state index is 14.1. The van der Waals surface area contributed by atoms with Gasteiger partial charge in [-0.2, -0.15) is 13.2 Å². The molecule has 6 nitrogen and oxygen atoms in total. The maximum Gasteiger partial charge on any atom is 0.425 e. The molecule has 0 unspecified atom stereocenters.